The minimum absolute atomic E-state index is 0. The van der Waals surface area contributed by atoms with Gasteiger partial charge in [-0.15, -0.1) is 0 Å². The van der Waals surface area contributed by atoms with Crippen molar-refractivity contribution in [3.63, 3.8) is 0 Å². The number of nitrogens with zero attached hydrogens (tertiary/aromatic N) is 1. The predicted octanol–water partition coefficient (Wildman–Crippen LogP) is -2.52. The number of aliphatic hydroxyl groups excluding tert-OH is 8. The second-order valence-electron chi connectivity index (χ2n) is 12.1. The van der Waals surface area contributed by atoms with Crippen molar-refractivity contribution < 1.29 is 78.8 Å². The van der Waals surface area contributed by atoms with Gasteiger partial charge in [-0.1, -0.05) is 7.43 Å². The second kappa shape index (κ2) is 32.3. The van der Waals surface area contributed by atoms with Crippen molar-refractivity contribution in [3.05, 3.63) is 0 Å². The van der Waals surface area contributed by atoms with E-state index >= 15 is 0 Å². The number of carbonyl (C=O) groups is 1. The molecule has 0 saturated carbocycles. The first-order chi connectivity index (χ1) is 23.3. The summed E-state index contributed by atoms with van der Waals surface area (Å²) in [5, 5.41) is 81.3. The van der Waals surface area contributed by atoms with Crippen molar-refractivity contribution >= 4 is 6.09 Å². The van der Waals surface area contributed by atoms with E-state index in [1.807, 2.05) is 0 Å². The van der Waals surface area contributed by atoms with Gasteiger partial charge >= 0.3 is 6.09 Å². The molecule has 0 aliphatic rings. The van der Waals surface area contributed by atoms with Gasteiger partial charge in [-0.2, -0.15) is 0 Å². The molecule has 6 unspecified atom stereocenters. The monoisotopic (exact) mass is 736 g/mol. The Morgan fingerprint density at radius 3 is 1.26 bits per heavy atom. The van der Waals surface area contributed by atoms with Crippen LogP contribution in [0.5, 0.6) is 0 Å². The van der Waals surface area contributed by atoms with E-state index in [0.29, 0.717) is 66.0 Å². The number of carbonyl (C=O) groups excluding carboxylic acids is 1. The van der Waals surface area contributed by atoms with Crippen molar-refractivity contribution in [1.29, 1.82) is 0 Å². The molecule has 0 aliphatic carbocycles. The Hall–Kier alpha value is -1.33. The summed E-state index contributed by atoms with van der Waals surface area (Å²) in [6.07, 6.45) is -9.46. The lowest BCUT2D eigenvalue weighted by atomic mass is 10.0. The highest BCUT2D eigenvalue weighted by Gasteiger charge is 2.30. The van der Waals surface area contributed by atoms with Crippen LogP contribution in [-0.2, 0) is 33.2 Å². The van der Waals surface area contributed by atoms with Crippen molar-refractivity contribution in [2.45, 2.75) is 83.3 Å². The molecule has 0 heterocycles. The number of hydrogen-bond acceptors (Lipinski definition) is 17. The lowest BCUT2D eigenvalue weighted by Crippen LogP contribution is -2.50. The van der Waals surface area contributed by atoms with Crippen molar-refractivity contribution in [1.82, 2.24) is 10.2 Å². The van der Waals surface area contributed by atoms with E-state index in [-0.39, 0.29) is 72.9 Å². The normalized spacial score (nSPS) is 15.6. The number of nitrogens with one attached hydrogen (secondary N) is 1. The summed E-state index contributed by atoms with van der Waals surface area (Å²) in [5.41, 5.74) is -0.541. The molecule has 0 fully saturated rings. The molecule has 0 bridgehead atoms. The zero-order valence-electron chi connectivity index (χ0n) is 29.4. The van der Waals surface area contributed by atoms with E-state index in [0.717, 1.165) is 0 Å². The summed E-state index contributed by atoms with van der Waals surface area (Å²) >= 11 is 0. The van der Waals surface area contributed by atoms with E-state index < -0.39 is 48.3 Å². The van der Waals surface area contributed by atoms with Gasteiger partial charge < -0.3 is 79.3 Å². The number of ether oxygens (including phenoxy) is 7. The predicted molar refractivity (Wildman–Crippen MR) is 182 cm³/mol. The number of alkyl carbamates (subject to hydrolysis) is 1. The summed E-state index contributed by atoms with van der Waals surface area (Å²) in [7, 11) is 0. The summed E-state index contributed by atoms with van der Waals surface area (Å²) in [5.74, 6) is 0. The Labute approximate surface area is 297 Å². The van der Waals surface area contributed by atoms with Gasteiger partial charge in [0.15, 0.2) is 0 Å². The van der Waals surface area contributed by atoms with Crippen LogP contribution >= 0.6 is 0 Å². The largest absolute Gasteiger partial charge is 0.444 e. The minimum atomic E-state index is -1.56. The molecule has 1 amide bonds. The molecule has 302 valence electrons. The van der Waals surface area contributed by atoms with Crippen molar-refractivity contribution in [2.75, 3.05) is 119 Å². The topological polar surface area (TPSA) is 259 Å². The first kappa shape index (κ1) is 50.8. The van der Waals surface area contributed by atoms with Crippen LogP contribution in [0.2, 0.25) is 0 Å². The Balaban J connectivity index is 0. The maximum Gasteiger partial charge on any atom is 0.407 e. The fourth-order valence-corrected chi connectivity index (χ4v) is 4.06. The van der Waals surface area contributed by atoms with Gasteiger partial charge in [-0.25, -0.2) is 4.79 Å². The van der Waals surface area contributed by atoms with Crippen LogP contribution in [0.15, 0.2) is 0 Å². The van der Waals surface area contributed by atoms with Crippen LogP contribution in [0.4, 0.5) is 4.79 Å². The van der Waals surface area contributed by atoms with Crippen LogP contribution in [0.3, 0.4) is 0 Å². The summed E-state index contributed by atoms with van der Waals surface area (Å²) < 4.78 is 37.8. The van der Waals surface area contributed by atoms with E-state index in [4.69, 9.17) is 43.4 Å². The van der Waals surface area contributed by atoms with Gasteiger partial charge in [-0.3, -0.25) is 4.90 Å². The summed E-state index contributed by atoms with van der Waals surface area (Å²) in [4.78, 5) is 13.0. The first-order valence-corrected chi connectivity index (χ1v) is 16.8. The lowest BCUT2D eigenvalue weighted by molar-refractivity contribution is -0.0945. The Morgan fingerprint density at radius 1 is 0.580 bits per heavy atom. The molecule has 18 nitrogen and oxygen atoms in total. The molecule has 0 rings (SSSR count). The summed E-state index contributed by atoms with van der Waals surface area (Å²) in [6, 6.07) is 0. The number of amides is 1. The van der Waals surface area contributed by atoms with Crippen molar-refractivity contribution in [2.24, 2.45) is 0 Å². The molecule has 6 atom stereocenters. The Bertz CT molecular complexity index is 740. The highest BCUT2D eigenvalue weighted by molar-refractivity contribution is 5.67. The zero-order valence-corrected chi connectivity index (χ0v) is 29.4. The molecule has 0 spiro atoms. The molecule has 0 saturated heterocycles. The highest BCUT2D eigenvalue weighted by atomic mass is 16.6. The quantitative estimate of drug-likeness (QED) is 0.0315. The number of hydrogen-bond donors (Lipinski definition) is 9. The molecular formula is C32H68N2O16. The molecule has 18 heteroatoms. The smallest absolute Gasteiger partial charge is 0.407 e. The van der Waals surface area contributed by atoms with Gasteiger partial charge in [-0.05, 0) is 33.6 Å². The van der Waals surface area contributed by atoms with E-state index in [1.165, 1.54) is 4.90 Å². The van der Waals surface area contributed by atoms with Gasteiger partial charge in [0.1, 0.15) is 17.8 Å². The van der Waals surface area contributed by atoms with Crippen molar-refractivity contribution in [3.8, 4) is 0 Å². The van der Waals surface area contributed by atoms with Gasteiger partial charge in [0, 0.05) is 39.4 Å². The maximum absolute atomic E-state index is 11.5. The van der Waals surface area contributed by atoms with E-state index in [9.17, 15) is 35.4 Å². The molecule has 50 heavy (non-hydrogen) atoms. The van der Waals surface area contributed by atoms with Crippen LogP contribution in [0.25, 0.3) is 0 Å². The van der Waals surface area contributed by atoms with Crippen LogP contribution in [-0.4, -0.2) is 213 Å². The average molecular weight is 737 g/mol. The summed E-state index contributed by atoms with van der Waals surface area (Å²) in [6.45, 7) is 8.84. The molecule has 0 aromatic carbocycles. The highest BCUT2D eigenvalue weighted by Crippen LogP contribution is 2.10. The molecule has 9 N–H and O–H groups in total. The first-order valence-electron chi connectivity index (χ1n) is 16.8. The zero-order chi connectivity index (χ0) is 36.9. The SMILES string of the molecule is C.CC(C)(C)OC(=O)NCCOCCOCCOCCOCCOCCOCCN(CC(O)C(O)C(O)CCO)CC(O)C(O)C(O)CCO. The van der Waals surface area contributed by atoms with Gasteiger partial charge in [0.05, 0.1) is 104 Å². The Morgan fingerprint density at radius 2 is 0.920 bits per heavy atom. The second-order valence-corrected chi connectivity index (χ2v) is 12.1. The van der Waals surface area contributed by atoms with E-state index in [2.05, 4.69) is 5.32 Å². The molecule has 0 aromatic heterocycles. The number of rotatable bonds is 33. The third kappa shape index (κ3) is 29.3. The Kier molecular flexibility index (Phi) is 32.8. The molecule has 0 radical (unpaired) electrons. The fourth-order valence-electron chi connectivity index (χ4n) is 4.06. The third-order valence-electron chi connectivity index (χ3n) is 6.64. The van der Waals surface area contributed by atoms with Gasteiger partial charge in [0.2, 0.25) is 0 Å². The minimum Gasteiger partial charge on any atom is -0.444 e. The van der Waals surface area contributed by atoms with Crippen LogP contribution < -0.4 is 5.32 Å². The molecular weight excluding hydrogens is 668 g/mol. The van der Waals surface area contributed by atoms with Gasteiger partial charge in [0.25, 0.3) is 0 Å². The van der Waals surface area contributed by atoms with E-state index in [1.54, 1.807) is 20.8 Å². The fraction of sp³-hybridized carbons (Fsp3) is 0.969. The van der Waals surface area contributed by atoms with Crippen LogP contribution in [0.1, 0.15) is 41.0 Å². The number of aliphatic hydroxyl groups is 8. The van der Waals surface area contributed by atoms with Crippen LogP contribution in [0, 0.1) is 0 Å². The standard InChI is InChI=1S/C31H64N2O16.CH4/c1-31(2,3)49-30(42)32-6-10-43-12-14-45-16-18-47-20-21-48-19-17-46-15-13-44-11-7-33(22-26(38)28(40)24(36)4-8-34)23-27(39)29(41)25(37)5-9-35;/h24-29,34-41H,4-23H2,1-3H3,(H,32,42);1H4. The lowest BCUT2D eigenvalue weighted by Gasteiger charge is -2.32. The molecule has 0 aliphatic heterocycles. The maximum atomic E-state index is 11.5. The average Bonchev–Trinajstić information content (AvgIpc) is 3.03. The molecule has 0 aromatic rings. The third-order valence-corrected chi connectivity index (χ3v) is 6.64.